The zero-order valence-corrected chi connectivity index (χ0v) is 27.4. The summed E-state index contributed by atoms with van der Waals surface area (Å²) >= 11 is 0. The summed E-state index contributed by atoms with van der Waals surface area (Å²) in [4.78, 5) is 0. The average molecular weight is 593 g/mol. The van der Waals surface area contributed by atoms with Crippen LogP contribution in [0.5, 0.6) is 0 Å². The van der Waals surface area contributed by atoms with Gasteiger partial charge in [0.05, 0.1) is 0 Å². The number of hydrogen-bond donors (Lipinski definition) is 0. The van der Waals surface area contributed by atoms with Crippen molar-refractivity contribution >= 4 is 0 Å². The van der Waals surface area contributed by atoms with E-state index in [1.54, 1.807) is 39.0 Å². The zero-order chi connectivity index (χ0) is 29.1. The van der Waals surface area contributed by atoms with E-state index in [9.17, 15) is 0 Å². The van der Waals surface area contributed by atoms with E-state index in [-0.39, 0.29) is 0 Å². The van der Waals surface area contributed by atoms with Crippen LogP contribution in [-0.2, 0) is 10.8 Å². The fourth-order valence-corrected chi connectivity index (χ4v) is 16.2. The van der Waals surface area contributed by atoms with Gasteiger partial charge < -0.3 is 0 Å². The van der Waals surface area contributed by atoms with Gasteiger partial charge in [0.25, 0.3) is 0 Å². The molecule has 0 heteroatoms. The molecule has 0 radical (unpaired) electrons. The highest BCUT2D eigenvalue weighted by Crippen LogP contribution is 2.66. The smallest absolute Gasteiger partial charge is 0.0173 e. The maximum atomic E-state index is 2.83. The number of fused-ring (bicyclic) bond motifs is 5. The number of rotatable bonds is 3. The highest BCUT2D eigenvalue weighted by atomic mass is 14.6. The first-order valence-corrected chi connectivity index (χ1v) is 19.8. The molecule has 12 aliphatic carbocycles. The van der Waals surface area contributed by atoms with Crippen molar-refractivity contribution < 1.29 is 0 Å². The van der Waals surface area contributed by atoms with E-state index in [4.69, 9.17) is 0 Å². The molecule has 14 rings (SSSR count). The molecule has 232 valence electrons. The first-order valence-electron chi connectivity index (χ1n) is 19.8. The summed E-state index contributed by atoms with van der Waals surface area (Å²) in [5.74, 6) is 9.03. The van der Waals surface area contributed by atoms with Crippen molar-refractivity contribution in [3.05, 3.63) is 82.0 Å². The lowest BCUT2D eigenvalue weighted by Crippen LogP contribution is -2.48. The van der Waals surface area contributed by atoms with Gasteiger partial charge in [-0.15, -0.1) is 0 Å². The molecule has 0 heterocycles. The van der Waals surface area contributed by atoms with Crippen LogP contribution in [0.15, 0.2) is 59.7 Å². The molecule has 0 N–H and O–H groups in total. The molecule has 12 aliphatic rings. The molecule has 0 aromatic heterocycles. The summed E-state index contributed by atoms with van der Waals surface area (Å²) in [6.45, 7) is 0. The van der Waals surface area contributed by atoms with E-state index >= 15 is 0 Å². The van der Waals surface area contributed by atoms with E-state index in [1.807, 2.05) is 5.57 Å². The van der Waals surface area contributed by atoms with E-state index < -0.39 is 0 Å². The van der Waals surface area contributed by atoms with Crippen molar-refractivity contribution in [3.63, 3.8) is 0 Å². The standard InChI is InChI=1S/C45H52/c1-2-5-36-34(4-1)35-6-3-7-37(35)42(36)43-38-10-8-32(44-20-26-12-27(21-44)14-28(13-26)22-44)18-40(38)41-19-33(9-11-39(41)43)45-23-29-15-30(24-45)17-31(16-29)25-45/h3,7-11,18-19,26-31,34,36,42-43H,1-2,4-6,12-17,20-25H2. The number of benzene rings is 2. The first kappa shape index (κ1) is 25.9. The average Bonchev–Trinajstić information content (AvgIpc) is 3.71. The molecule has 9 saturated carbocycles. The second-order valence-corrected chi connectivity index (χ2v) is 19.1. The molecule has 0 nitrogen and oxygen atoms in total. The third kappa shape index (κ3) is 3.46. The van der Waals surface area contributed by atoms with Crippen LogP contribution in [-0.4, -0.2) is 0 Å². The summed E-state index contributed by atoms with van der Waals surface area (Å²) in [6, 6.07) is 16.5. The molecule has 8 bridgehead atoms. The SMILES string of the molecule is C1=CC2=C(C1)C1CCCCC1C2C1c2ccc(C34CC5CC(CC(C5)C3)C4)cc2-c2cc(C34CC5CC(CC(C5)C3)C4)ccc21. The molecule has 3 unspecified atom stereocenters. The minimum Gasteiger partial charge on any atom is -0.0802 e. The molecule has 0 spiro atoms. The minimum absolute atomic E-state index is 0.477. The van der Waals surface area contributed by atoms with Crippen LogP contribution in [0.4, 0.5) is 0 Å². The Kier molecular flexibility index (Phi) is 5.12. The predicted octanol–water partition coefficient (Wildman–Crippen LogP) is 11.4. The maximum absolute atomic E-state index is 2.83. The monoisotopic (exact) mass is 592 g/mol. The van der Waals surface area contributed by atoms with Gasteiger partial charge in [0.2, 0.25) is 0 Å². The molecule has 0 aliphatic heterocycles. The van der Waals surface area contributed by atoms with Crippen molar-refractivity contribution in [3.8, 4) is 11.1 Å². The normalized spacial score (nSPS) is 47.4. The second kappa shape index (κ2) is 8.88. The van der Waals surface area contributed by atoms with E-state index in [0.29, 0.717) is 22.7 Å². The molecule has 45 heavy (non-hydrogen) atoms. The number of hydrogen-bond acceptors (Lipinski definition) is 0. The van der Waals surface area contributed by atoms with Gasteiger partial charge in [0, 0.05) is 5.92 Å². The fourth-order valence-electron chi connectivity index (χ4n) is 16.2. The minimum atomic E-state index is 0.477. The summed E-state index contributed by atoms with van der Waals surface area (Å²) in [6.07, 6.45) is 30.3. The molecule has 3 atom stereocenters. The fraction of sp³-hybridized carbons (Fsp3) is 0.644. The van der Waals surface area contributed by atoms with Gasteiger partial charge in [0.1, 0.15) is 0 Å². The topological polar surface area (TPSA) is 0 Å². The Hall–Kier alpha value is -2.08. The van der Waals surface area contributed by atoms with Crippen molar-refractivity contribution in [1.82, 2.24) is 0 Å². The van der Waals surface area contributed by atoms with Gasteiger partial charge in [-0.05, 0) is 199 Å². The van der Waals surface area contributed by atoms with Crippen LogP contribution in [0, 0.1) is 53.3 Å². The highest BCUT2D eigenvalue weighted by molar-refractivity contribution is 5.81. The Bertz CT molecular complexity index is 1510. The van der Waals surface area contributed by atoms with Gasteiger partial charge in [0.15, 0.2) is 0 Å². The van der Waals surface area contributed by atoms with E-state index in [0.717, 1.165) is 47.3 Å². The molecule has 2 aromatic rings. The molecule has 0 saturated heterocycles. The van der Waals surface area contributed by atoms with Crippen LogP contribution in [0.25, 0.3) is 11.1 Å². The molecular weight excluding hydrogens is 540 g/mol. The Labute approximate surface area is 271 Å². The lowest BCUT2D eigenvalue weighted by Gasteiger charge is -2.57. The van der Waals surface area contributed by atoms with Crippen LogP contribution in [0.2, 0.25) is 0 Å². The lowest BCUT2D eigenvalue weighted by molar-refractivity contribution is -0.00534. The summed E-state index contributed by atoms with van der Waals surface area (Å²) in [7, 11) is 0. The van der Waals surface area contributed by atoms with Gasteiger partial charge in [-0.25, -0.2) is 0 Å². The first-order chi connectivity index (χ1) is 22.1. The molecule has 2 aromatic carbocycles. The quantitative estimate of drug-likeness (QED) is 0.332. The van der Waals surface area contributed by atoms with Crippen LogP contribution >= 0.6 is 0 Å². The van der Waals surface area contributed by atoms with Crippen molar-refractivity contribution in [2.45, 2.75) is 126 Å². The second-order valence-electron chi connectivity index (χ2n) is 19.1. The molecular formula is C45H52. The highest BCUT2D eigenvalue weighted by Gasteiger charge is 2.55. The van der Waals surface area contributed by atoms with Gasteiger partial charge in [-0.3, -0.25) is 0 Å². The maximum Gasteiger partial charge on any atom is 0.0173 e. The third-order valence-electron chi connectivity index (χ3n) is 16.8. The van der Waals surface area contributed by atoms with Crippen LogP contribution in [0.1, 0.15) is 137 Å². The Balaban J connectivity index is 1.02. The molecule has 0 amide bonds. The van der Waals surface area contributed by atoms with E-state index in [1.165, 1.54) is 109 Å². The Morgan fingerprint density at radius 3 is 1.56 bits per heavy atom. The van der Waals surface area contributed by atoms with Crippen molar-refractivity contribution in [1.29, 1.82) is 0 Å². The largest absolute Gasteiger partial charge is 0.0802 e. The van der Waals surface area contributed by atoms with Crippen LogP contribution < -0.4 is 0 Å². The van der Waals surface area contributed by atoms with E-state index in [2.05, 4.69) is 48.6 Å². The van der Waals surface area contributed by atoms with Crippen molar-refractivity contribution in [2.75, 3.05) is 0 Å². The summed E-state index contributed by atoms with van der Waals surface area (Å²) in [5, 5.41) is 0. The third-order valence-corrected chi connectivity index (χ3v) is 16.8. The lowest BCUT2D eigenvalue weighted by atomic mass is 9.48. The predicted molar refractivity (Wildman–Crippen MR) is 183 cm³/mol. The van der Waals surface area contributed by atoms with Crippen LogP contribution in [0.3, 0.4) is 0 Å². The Morgan fingerprint density at radius 1 is 0.556 bits per heavy atom. The zero-order valence-electron chi connectivity index (χ0n) is 27.4. The van der Waals surface area contributed by atoms with Gasteiger partial charge in [-0.2, -0.15) is 0 Å². The number of allylic oxidation sites excluding steroid dienone is 4. The van der Waals surface area contributed by atoms with Gasteiger partial charge in [-0.1, -0.05) is 67.0 Å². The molecule has 9 fully saturated rings. The van der Waals surface area contributed by atoms with Gasteiger partial charge >= 0.3 is 0 Å². The summed E-state index contributed by atoms with van der Waals surface area (Å²) in [5.41, 5.74) is 14.9. The summed E-state index contributed by atoms with van der Waals surface area (Å²) < 4.78 is 0. The Morgan fingerprint density at radius 2 is 1.04 bits per heavy atom. The van der Waals surface area contributed by atoms with Crippen molar-refractivity contribution in [2.24, 2.45) is 53.3 Å².